The van der Waals surface area contributed by atoms with Crippen LogP contribution in [0.3, 0.4) is 0 Å². The largest absolute Gasteiger partial charge is 0.496 e. The molecule has 0 amide bonds. The topological polar surface area (TPSA) is 26.2 Å². The molecule has 0 atom stereocenters. The highest BCUT2D eigenvalue weighted by Gasteiger charge is 2.21. The summed E-state index contributed by atoms with van der Waals surface area (Å²) in [4.78, 5) is 0. The monoisotopic (exact) mass is 202 g/mol. The van der Waals surface area contributed by atoms with Crippen molar-refractivity contribution in [1.29, 1.82) is 0 Å². The number of aryl methyl sites for hydroxylation is 1. The molecule has 78 valence electrons. The summed E-state index contributed by atoms with van der Waals surface area (Å²) in [6.45, 7) is 1.91. The lowest BCUT2D eigenvalue weighted by Gasteiger charge is -2.04. The molecule has 3 nitrogen and oxygen atoms in total. The summed E-state index contributed by atoms with van der Waals surface area (Å²) >= 11 is 0. The highest BCUT2D eigenvalue weighted by Crippen LogP contribution is 2.34. The second-order valence-electron chi connectivity index (χ2n) is 3.94. The summed E-state index contributed by atoms with van der Waals surface area (Å²) in [5.74, 6) is 0.980. The number of benzene rings is 1. The Morgan fingerprint density at radius 2 is 2.20 bits per heavy atom. The smallest absolute Gasteiger partial charge is 0.128 e. The zero-order valence-electron chi connectivity index (χ0n) is 9.00. The van der Waals surface area contributed by atoms with Gasteiger partial charge in [0.25, 0.3) is 0 Å². The Labute approximate surface area is 88.6 Å². The Balaban J connectivity index is 2.45. The van der Waals surface area contributed by atoms with Gasteiger partial charge in [0, 0.05) is 31.2 Å². The molecule has 0 bridgehead atoms. The van der Waals surface area contributed by atoms with Crippen molar-refractivity contribution in [3.05, 3.63) is 29.5 Å². The van der Waals surface area contributed by atoms with E-state index in [1.54, 1.807) is 7.11 Å². The molecule has 1 aromatic carbocycles. The molecular formula is C12H14N2O. The second-order valence-corrected chi connectivity index (χ2v) is 3.94. The van der Waals surface area contributed by atoms with Crippen LogP contribution in [0.4, 0.5) is 0 Å². The van der Waals surface area contributed by atoms with Crippen LogP contribution >= 0.6 is 0 Å². The fourth-order valence-electron chi connectivity index (χ4n) is 2.49. The number of rotatable bonds is 1. The lowest BCUT2D eigenvalue weighted by atomic mass is 10.1. The average Bonchev–Trinajstić information content (AvgIpc) is 2.83. The summed E-state index contributed by atoms with van der Waals surface area (Å²) < 4.78 is 7.68. The number of hydrogen-bond acceptors (Lipinski definition) is 2. The molecule has 0 radical (unpaired) electrons. The third-order valence-electron chi connectivity index (χ3n) is 3.23. The summed E-state index contributed by atoms with van der Waals surface area (Å²) in [7, 11) is 3.85. The molecule has 15 heavy (non-hydrogen) atoms. The van der Waals surface area contributed by atoms with Crippen LogP contribution in [0.5, 0.6) is 5.75 Å². The molecule has 1 N–H and O–H groups in total. The van der Waals surface area contributed by atoms with Gasteiger partial charge in [-0.1, -0.05) is 6.07 Å². The molecule has 0 fully saturated rings. The number of nitrogens with zero attached hydrogens (tertiary/aromatic N) is 1. The zero-order valence-corrected chi connectivity index (χ0v) is 9.00. The van der Waals surface area contributed by atoms with Gasteiger partial charge in [-0.25, -0.2) is 0 Å². The van der Waals surface area contributed by atoms with Crippen LogP contribution in [0, 0.1) is 0 Å². The number of ether oxygens (including phenoxy) is 1. The number of hydrogen-bond donors (Lipinski definition) is 1. The van der Waals surface area contributed by atoms with Crippen LogP contribution in [-0.4, -0.2) is 11.7 Å². The molecule has 2 aromatic rings. The molecule has 1 aliphatic rings. The van der Waals surface area contributed by atoms with Gasteiger partial charge in [0.2, 0.25) is 0 Å². The summed E-state index contributed by atoms with van der Waals surface area (Å²) in [6, 6.07) is 6.22. The number of fused-ring (bicyclic) bond motifs is 3. The van der Waals surface area contributed by atoms with Gasteiger partial charge in [-0.15, -0.1) is 0 Å². The van der Waals surface area contributed by atoms with Crippen molar-refractivity contribution >= 4 is 10.9 Å². The van der Waals surface area contributed by atoms with Crippen LogP contribution < -0.4 is 10.1 Å². The SMILES string of the molecule is COc1cccc2c1c1c(n2C)CNC1. The van der Waals surface area contributed by atoms with Gasteiger partial charge in [0.1, 0.15) is 5.75 Å². The van der Waals surface area contributed by atoms with Crippen molar-refractivity contribution in [2.45, 2.75) is 13.1 Å². The third kappa shape index (κ3) is 1.04. The van der Waals surface area contributed by atoms with E-state index in [-0.39, 0.29) is 0 Å². The average molecular weight is 202 g/mol. The minimum absolute atomic E-state index is 0.951. The van der Waals surface area contributed by atoms with Crippen LogP contribution in [-0.2, 0) is 20.1 Å². The molecule has 2 heterocycles. The Morgan fingerprint density at radius 3 is 3.00 bits per heavy atom. The van der Waals surface area contributed by atoms with Crippen molar-refractivity contribution in [3.8, 4) is 5.75 Å². The summed E-state index contributed by atoms with van der Waals surface area (Å²) in [6.07, 6.45) is 0. The number of nitrogens with one attached hydrogen (secondary N) is 1. The van der Waals surface area contributed by atoms with E-state index in [1.165, 1.54) is 22.2 Å². The van der Waals surface area contributed by atoms with Crippen molar-refractivity contribution < 1.29 is 4.74 Å². The van der Waals surface area contributed by atoms with Gasteiger partial charge >= 0.3 is 0 Å². The highest BCUT2D eigenvalue weighted by molar-refractivity contribution is 5.91. The van der Waals surface area contributed by atoms with E-state index >= 15 is 0 Å². The predicted octanol–water partition coefficient (Wildman–Crippen LogP) is 1.79. The molecule has 1 aliphatic heterocycles. The summed E-state index contributed by atoms with van der Waals surface area (Å²) in [5.41, 5.74) is 4.04. The van der Waals surface area contributed by atoms with E-state index in [0.29, 0.717) is 0 Å². The quantitative estimate of drug-likeness (QED) is 0.763. The number of aromatic nitrogens is 1. The second kappa shape index (κ2) is 3.00. The highest BCUT2D eigenvalue weighted by atomic mass is 16.5. The molecule has 0 spiro atoms. The molecule has 3 heteroatoms. The Morgan fingerprint density at radius 1 is 1.33 bits per heavy atom. The van der Waals surface area contributed by atoms with Gasteiger partial charge in [0.05, 0.1) is 12.6 Å². The first-order valence-electron chi connectivity index (χ1n) is 5.17. The van der Waals surface area contributed by atoms with Gasteiger partial charge < -0.3 is 14.6 Å². The molecule has 0 unspecified atom stereocenters. The van der Waals surface area contributed by atoms with Gasteiger partial charge in [0.15, 0.2) is 0 Å². The fraction of sp³-hybridized carbons (Fsp3) is 0.333. The lowest BCUT2D eigenvalue weighted by Crippen LogP contribution is -2.04. The summed E-state index contributed by atoms with van der Waals surface area (Å²) in [5, 5.41) is 4.64. The van der Waals surface area contributed by atoms with Gasteiger partial charge in [-0.3, -0.25) is 0 Å². The lowest BCUT2D eigenvalue weighted by molar-refractivity contribution is 0.419. The van der Waals surface area contributed by atoms with E-state index in [9.17, 15) is 0 Å². The van der Waals surface area contributed by atoms with Crippen LogP contribution in [0.1, 0.15) is 11.3 Å². The molecule has 3 rings (SSSR count). The van der Waals surface area contributed by atoms with Crippen LogP contribution in [0.2, 0.25) is 0 Å². The van der Waals surface area contributed by atoms with Crippen molar-refractivity contribution in [2.75, 3.05) is 7.11 Å². The standard InChI is InChI=1S/C12H14N2O/c1-14-9-4-3-5-11(15-2)12(9)8-6-13-7-10(8)14/h3-5,13H,6-7H2,1-2H3. The minimum Gasteiger partial charge on any atom is -0.496 e. The van der Waals surface area contributed by atoms with E-state index < -0.39 is 0 Å². The van der Waals surface area contributed by atoms with Crippen molar-refractivity contribution in [1.82, 2.24) is 9.88 Å². The maximum absolute atomic E-state index is 5.42. The van der Waals surface area contributed by atoms with Crippen molar-refractivity contribution in [2.24, 2.45) is 7.05 Å². The maximum Gasteiger partial charge on any atom is 0.128 e. The normalized spacial score (nSPS) is 14.5. The molecule has 0 aliphatic carbocycles. The fourth-order valence-corrected chi connectivity index (χ4v) is 2.49. The minimum atomic E-state index is 0.951. The van der Waals surface area contributed by atoms with E-state index in [4.69, 9.17) is 4.74 Å². The van der Waals surface area contributed by atoms with Gasteiger partial charge in [-0.05, 0) is 17.7 Å². The molecule has 0 saturated heterocycles. The zero-order chi connectivity index (χ0) is 10.4. The van der Waals surface area contributed by atoms with Crippen LogP contribution in [0.15, 0.2) is 18.2 Å². The first kappa shape index (κ1) is 8.80. The Hall–Kier alpha value is -1.48. The van der Waals surface area contributed by atoms with E-state index in [1.807, 2.05) is 12.1 Å². The van der Waals surface area contributed by atoms with Crippen molar-refractivity contribution in [3.63, 3.8) is 0 Å². The third-order valence-corrected chi connectivity index (χ3v) is 3.23. The first-order valence-corrected chi connectivity index (χ1v) is 5.17. The molecule has 0 saturated carbocycles. The molecule has 1 aromatic heterocycles. The van der Waals surface area contributed by atoms with Gasteiger partial charge in [-0.2, -0.15) is 0 Å². The predicted molar refractivity (Wildman–Crippen MR) is 60.0 cm³/mol. The number of methoxy groups -OCH3 is 1. The van der Waals surface area contributed by atoms with E-state index in [0.717, 1.165) is 18.8 Å². The first-order chi connectivity index (χ1) is 7.33. The Bertz CT molecular complexity index is 528. The molecular weight excluding hydrogens is 188 g/mol. The maximum atomic E-state index is 5.42. The van der Waals surface area contributed by atoms with E-state index in [2.05, 4.69) is 23.0 Å². The Kier molecular flexibility index (Phi) is 1.76. The van der Waals surface area contributed by atoms with Crippen LogP contribution in [0.25, 0.3) is 10.9 Å².